The Balaban J connectivity index is 1.45. The number of phenolic OH excluding ortho intramolecular Hbond substituents is 1. The van der Waals surface area contributed by atoms with E-state index in [0.717, 1.165) is 11.1 Å². The molecule has 2 aromatic rings. The normalized spacial score (nSPS) is 33.4. The van der Waals surface area contributed by atoms with Gasteiger partial charge in [-0.15, -0.1) is 11.8 Å². The van der Waals surface area contributed by atoms with Crippen molar-refractivity contribution in [3.05, 3.63) is 51.8 Å². The number of aliphatic hydroxyl groups is 1. The Kier molecular flexibility index (Phi) is 7.58. The van der Waals surface area contributed by atoms with Crippen LogP contribution >= 0.6 is 11.8 Å². The summed E-state index contributed by atoms with van der Waals surface area (Å²) in [7, 11) is 1.52. The molecule has 14 nitrogen and oxygen atoms in total. The summed E-state index contributed by atoms with van der Waals surface area (Å²) < 4.78 is 30.0. The van der Waals surface area contributed by atoms with Gasteiger partial charge in [-0.2, -0.15) is 5.26 Å². The highest BCUT2D eigenvalue weighted by Crippen LogP contribution is 2.70. The largest absolute Gasteiger partial charge is 0.510 e. The zero-order chi connectivity index (χ0) is 36.5. The zero-order valence-corrected chi connectivity index (χ0v) is 30.1. The molecule has 3 fully saturated rings. The number of nitrogens with zero attached hydrogens (tertiary/aromatic N) is 3. The number of carbonyl (C=O) groups excluding carboxylic acids is 2. The first kappa shape index (κ1) is 33.9. The Bertz CT molecular complexity index is 1970. The summed E-state index contributed by atoms with van der Waals surface area (Å²) in [5.74, 6) is -0.366. The van der Waals surface area contributed by atoms with Crippen molar-refractivity contribution < 1.29 is 43.5 Å². The maximum Gasteiger partial charge on any atom is 0.335 e. The van der Waals surface area contributed by atoms with Crippen LogP contribution in [0.1, 0.15) is 77.9 Å². The summed E-state index contributed by atoms with van der Waals surface area (Å²) in [6, 6.07) is 1.92. The van der Waals surface area contributed by atoms with Gasteiger partial charge in [0.15, 0.2) is 28.5 Å². The molecular formula is C36H41N5O9S. The van der Waals surface area contributed by atoms with Crippen molar-refractivity contribution in [3.63, 3.8) is 0 Å². The van der Waals surface area contributed by atoms with E-state index in [2.05, 4.69) is 40.8 Å². The third-order valence-corrected chi connectivity index (χ3v) is 13.1. The van der Waals surface area contributed by atoms with Crippen LogP contribution < -0.4 is 30.0 Å². The van der Waals surface area contributed by atoms with Crippen LogP contribution in [-0.4, -0.2) is 88.0 Å². The van der Waals surface area contributed by atoms with Crippen LogP contribution in [-0.2, 0) is 19.9 Å². The first-order valence-electron chi connectivity index (χ1n) is 16.9. The summed E-state index contributed by atoms with van der Waals surface area (Å²) in [5.41, 5.74) is 8.12. The lowest BCUT2D eigenvalue weighted by molar-refractivity contribution is -0.187. The third-order valence-electron chi connectivity index (χ3n) is 11.7. The maximum atomic E-state index is 14.1. The average molecular weight is 720 g/mol. The molecule has 7 aliphatic rings. The maximum absolute atomic E-state index is 14.1. The summed E-state index contributed by atoms with van der Waals surface area (Å²) >= 11 is 1.31. The Morgan fingerprint density at radius 1 is 1.24 bits per heavy atom. The number of hydrogen-bond donors (Lipinski definition) is 4. The van der Waals surface area contributed by atoms with Crippen LogP contribution in [0.5, 0.6) is 28.7 Å². The molecule has 7 aliphatic heterocycles. The molecule has 2 bridgehead atoms. The fraction of sp³-hybridized carbons (Fsp3) is 0.528. The quantitative estimate of drug-likeness (QED) is 0.152. The number of rotatable bonds is 5. The van der Waals surface area contributed by atoms with E-state index in [1.54, 1.807) is 13.8 Å². The summed E-state index contributed by atoms with van der Waals surface area (Å²) in [5, 5.41) is 36.5. The van der Waals surface area contributed by atoms with Gasteiger partial charge in [-0.3, -0.25) is 19.9 Å². The van der Waals surface area contributed by atoms with Crippen molar-refractivity contribution in [2.75, 3.05) is 26.3 Å². The van der Waals surface area contributed by atoms with Crippen LogP contribution in [0, 0.1) is 25.2 Å². The third kappa shape index (κ3) is 4.31. The molecule has 0 aliphatic carbocycles. The van der Waals surface area contributed by atoms with E-state index in [9.17, 15) is 25.1 Å². The highest BCUT2D eigenvalue weighted by molar-refractivity contribution is 7.99. The molecule has 4 unspecified atom stereocenters. The Morgan fingerprint density at radius 3 is 2.61 bits per heavy atom. The van der Waals surface area contributed by atoms with E-state index in [0.29, 0.717) is 45.9 Å². The fourth-order valence-electron chi connectivity index (χ4n) is 9.78. The number of fused-ring (bicyclic) bond motifs is 9. The number of phenols is 1. The minimum atomic E-state index is -1.80. The molecule has 9 rings (SSSR count). The number of aliphatic hydroxyl groups excluding tert-OH is 1. The molecule has 0 spiro atoms. The van der Waals surface area contributed by atoms with Gasteiger partial charge in [-0.1, -0.05) is 6.58 Å². The van der Waals surface area contributed by atoms with Crippen molar-refractivity contribution >= 4 is 23.7 Å². The van der Waals surface area contributed by atoms with E-state index in [1.807, 2.05) is 6.92 Å². The van der Waals surface area contributed by atoms with E-state index >= 15 is 0 Å². The predicted octanol–water partition coefficient (Wildman–Crippen LogP) is 3.38. The summed E-state index contributed by atoms with van der Waals surface area (Å²) in [4.78, 5) is 31.3. The minimum Gasteiger partial charge on any atom is -0.510 e. The van der Waals surface area contributed by atoms with Crippen molar-refractivity contribution in [2.45, 2.75) is 93.7 Å². The van der Waals surface area contributed by atoms with E-state index < -0.39 is 64.4 Å². The van der Waals surface area contributed by atoms with Crippen LogP contribution in [0.25, 0.3) is 0 Å². The molecule has 2 aromatic carbocycles. The number of thioether (sulfide) groups is 1. The SMILES string of the molecule is C=C(O)[C@]1(NC(C)N)CS[C@@H]2c3c(OC(C)=O)c(C)c4c(c3[C@H](COC1=O)N1[C@@H]2C2c3c(cc(C)c(OC)c3O)C3(C)CC([C@@H]1C#N)N23)OCO4. The van der Waals surface area contributed by atoms with Gasteiger partial charge < -0.3 is 39.6 Å². The molecular weight excluding hydrogens is 678 g/mol. The Labute approximate surface area is 299 Å². The lowest BCUT2D eigenvalue weighted by Gasteiger charge is -2.66. The molecule has 7 heterocycles. The monoisotopic (exact) mass is 719 g/mol. The van der Waals surface area contributed by atoms with Crippen molar-refractivity contribution in [3.8, 4) is 34.8 Å². The Hall–Kier alpha value is -4.20. The molecule has 0 saturated carbocycles. The highest BCUT2D eigenvalue weighted by Gasteiger charge is 2.71. The number of aromatic hydroxyl groups is 1. The van der Waals surface area contributed by atoms with Gasteiger partial charge >= 0.3 is 11.9 Å². The van der Waals surface area contributed by atoms with Gasteiger partial charge in [0.25, 0.3) is 0 Å². The zero-order valence-electron chi connectivity index (χ0n) is 29.2. The van der Waals surface area contributed by atoms with Crippen molar-refractivity contribution in [1.29, 1.82) is 5.26 Å². The van der Waals surface area contributed by atoms with Crippen LogP contribution in [0.4, 0.5) is 0 Å². The van der Waals surface area contributed by atoms with Crippen LogP contribution in [0.15, 0.2) is 18.4 Å². The van der Waals surface area contributed by atoms with Crippen molar-refractivity contribution in [2.24, 2.45) is 5.73 Å². The Morgan fingerprint density at radius 2 is 1.96 bits per heavy atom. The lowest BCUT2D eigenvalue weighted by Crippen LogP contribution is -2.75. The molecule has 5 N–H and O–H groups in total. The van der Waals surface area contributed by atoms with Gasteiger partial charge in [0.1, 0.15) is 24.2 Å². The molecule has 0 amide bonds. The average Bonchev–Trinajstić information content (AvgIpc) is 3.63. The molecule has 51 heavy (non-hydrogen) atoms. The molecule has 0 aromatic heterocycles. The van der Waals surface area contributed by atoms with Crippen LogP contribution in [0.2, 0.25) is 0 Å². The number of benzene rings is 2. The number of aryl methyl sites for hydroxylation is 1. The second-order valence-corrected chi connectivity index (χ2v) is 15.6. The number of nitriles is 1. The predicted molar refractivity (Wildman–Crippen MR) is 184 cm³/mol. The fourth-order valence-corrected chi connectivity index (χ4v) is 11.5. The first-order valence-corrected chi connectivity index (χ1v) is 18.0. The number of piperazine rings is 1. The highest BCUT2D eigenvalue weighted by atomic mass is 32.2. The molecule has 3 saturated heterocycles. The van der Waals surface area contributed by atoms with Crippen LogP contribution in [0.3, 0.4) is 0 Å². The first-order chi connectivity index (χ1) is 24.2. The summed E-state index contributed by atoms with van der Waals surface area (Å²) in [6.45, 7) is 12.2. The molecule has 0 radical (unpaired) electrons. The number of nitrogens with two attached hydrogens (primary N) is 1. The molecule has 9 atom stereocenters. The number of hydrogen-bond acceptors (Lipinski definition) is 15. The second kappa shape index (κ2) is 11.4. The summed E-state index contributed by atoms with van der Waals surface area (Å²) in [6.07, 6.45) is -0.0932. The standard InChI is InChI=1S/C36H41N5O9S/c1-14-8-19-23(28(44)29(14)46-7)26-27-33-25-24(32-31(48-13-49-32)15(2)30(25)50-18(5)43)22(40(27)21(10-37)20-9-35(19,6)41(20)26)11-47-34(45)36(12-51-33,16(3)42)39-17(4)38/h8,17,20-22,26-27,33,39,42,44H,3,9,11-13,38H2,1-2,4-7H3/t17?,20?,21-,22-,26?,27+,33+,35?,36+/m0/s1. The topological polar surface area (TPSA) is 189 Å². The molecule has 15 heteroatoms. The lowest BCUT2D eigenvalue weighted by atomic mass is 9.70. The number of esters is 2. The van der Waals surface area contributed by atoms with Gasteiger partial charge in [0.05, 0.1) is 36.7 Å². The van der Waals surface area contributed by atoms with E-state index in [1.165, 1.54) is 25.8 Å². The molecule has 270 valence electrons. The van der Waals surface area contributed by atoms with E-state index in [-0.39, 0.29) is 36.7 Å². The van der Waals surface area contributed by atoms with Crippen molar-refractivity contribution in [1.82, 2.24) is 15.1 Å². The van der Waals surface area contributed by atoms with Gasteiger partial charge in [-0.05, 0) is 51.3 Å². The van der Waals surface area contributed by atoms with E-state index in [4.69, 9.17) is 29.4 Å². The number of ether oxygens (including phenoxy) is 5. The number of methoxy groups -OCH3 is 1. The number of carbonyl (C=O) groups is 2. The number of nitrogens with one attached hydrogen (secondary N) is 1. The van der Waals surface area contributed by atoms with Gasteiger partial charge in [0.2, 0.25) is 6.79 Å². The second-order valence-electron chi connectivity index (χ2n) is 14.5. The smallest absolute Gasteiger partial charge is 0.335 e. The van der Waals surface area contributed by atoms with Gasteiger partial charge in [0, 0.05) is 52.6 Å². The van der Waals surface area contributed by atoms with Gasteiger partial charge in [-0.25, -0.2) is 4.79 Å². The minimum absolute atomic E-state index is 0.0330.